The second-order valence-corrected chi connectivity index (χ2v) is 6.30. The lowest BCUT2D eigenvalue weighted by Crippen LogP contribution is -2.59. The van der Waals surface area contributed by atoms with Crippen LogP contribution in [-0.2, 0) is 4.79 Å². The van der Waals surface area contributed by atoms with Crippen molar-refractivity contribution in [3.05, 3.63) is 17.5 Å². The van der Waals surface area contributed by atoms with Crippen molar-refractivity contribution < 1.29 is 4.79 Å². The van der Waals surface area contributed by atoms with Crippen LogP contribution in [0, 0.1) is 19.8 Å². The summed E-state index contributed by atoms with van der Waals surface area (Å²) in [5, 5.41) is 4.02. The average molecular weight is 294 g/mol. The first-order valence-corrected chi connectivity index (χ1v) is 7.96. The largest absolute Gasteiger partial charge is 0.368 e. The molecule has 0 saturated heterocycles. The SMILES string of the molecule is CCNC(CSc1nc(C)cc(C)n1)(C(N)=O)C1CC1. The molecule has 1 unspecified atom stereocenters. The molecule has 1 amide bonds. The third-order valence-electron chi connectivity index (χ3n) is 3.60. The Bertz CT molecular complexity index is 484. The van der Waals surface area contributed by atoms with Gasteiger partial charge in [-0.1, -0.05) is 18.7 Å². The predicted molar refractivity (Wildman–Crippen MR) is 80.6 cm³/mol. The number of nitrogens with one attached hydrogen (secondary N) is 1. The van der Waals surface area contributed by atoms with E-state index in [4.69, 9.17) is 5.73 Å². The van der Waals surface area contributed by atoms with Crippen molar-refractivity contribution in [2.24, 2.45) is 11.7 Å². The Hall–Kier alpha value is -1.14. The van der Waals surface area contributed by atoms with Gasteiger partial charge in [0, 0.05) is 17.1 Å². The smallest absolute Gasteiger partial charge is 0.238 e. The van der Waals surface area contributed by atoms with Crippen LogP contribution in [0.15, 0.2) is 11.2 Å². The molecule has 1 saturated carbocycles. The number of carbonyl (C=O) groups excluding carboxylic acids is 1. The molecule has 2 rings (SSSR count). The quantitative estimate of drug-likeness (QED) is 0.587. The molecule has 1 aliphatic rings. The number of hydrogen-bond acceptors (Lipinski definition) is 5. The lowest BCUT2D eigenvalue weighted by Gasteiger charge is -2.31. The van der Waals surface area contributed by atoms with E-state index in [1.54, 1.807) is 0 Å². The van der Waals surface area contributed by atoms with Crippen molar-refractivity contribution in [1.82, 2.24) is 15.3 Å². The van der Waals surface area contributed by atoms with Crippen LogP contribution in [-0.4, -0.2) is 33.7 Å². The summed E-state index contributed by atoms with van der Waals surface area (Å²) in [6, 6.07) is 1.94. The highest BCUT2D eigenvalue weighted by atomic mass is 32.2. The summed E-state index contributed by atoms with van der Waals surface area (Å²) in [4.78, 5) is 20.8. The van der Waals surface area contributed by atoms with Gasteiger partial charge >= 0.3 is 0 Å². The molecule has 0 spiro atoms. The minimum absolute atomic E-state index is 0.265. The Morgan fingerprint density at radius 1 is 1.45 bits per heavy atom. The van der Waals surface area contributed by atoms with Crippen LogP contribution in [0.3, 0.4) is 0 Å². The van der Waals surface area contributed by atoms with Gasteiger partial charge in [-0.15, -0.1) is 0 Å². The first-order valence-electron chi connectivity index (χ1n) is 6.98. The average Bonchev–Trinajstić information content (AvgIpc) is 3.17. The Morgan fingerprint density at radius 2 is 2.05 bits per heavy atom. The second-order valence-electron chi connectivity index (χ2n) is 5.36. The zero-order valence-corrected chi connectivity index (χ0v) is 13.1. The number of primary amides is 1. The summed E-state index contributed by atoms with van der Waals surface area (Å²) in [6.07, 6.45) is 2.12. The molecule has 0 radical (unpaired) electrons. The van der Waals surface area contributed by atoms with Gasteiger partial charge in [0.15, 0.2) is 5.16 Å². The van der Waals surface area contributed by atoms with E-state index in [0.717, 1.165) is 30.8 Å². The van der Waals surface area contributed by atoms with E-state index in [2.05, 4.69) is 15.3 Å². The lowest BCUT2D eigenvalue weighted by molar-refractivity contribution is -0.124. The second kappa shape index (κ2) is 6.10. The van der Waals surface area contributed by atoms with Crippen LogP contribution in [0.25, 0.3) is 0 Å². The topological polar surface area (TPSA) is 80.9 Å². The fourth-order valence-corrected chi connectivity index (χ4v) is 3.75. The highest BCUT2D eigenvalue weighted by molar-refractivity contribution is 7.99. The molecule has 3 N–H and O–H groups in total. The fraction of sp³-hybridized carbons (Fsp3) is 0.643. The molecule has 20 heavy (non-hydrogen) atoms. The van der Waals surface area contributed by atoms with E-state index in [1.165, 1.54) is 11.8 Å². The number of nitrogens with two attached hydrogens (primary N) is 1. The maximum Gasteiger partial charge on any atom is 0.238 e. The molecule has 1 aliphatic carbocycles. The molecule has 1 aromatic heterocycles. The Balaban J connectivity index is 2.14. The molecule has 6 heteroatoms. The van der Waals surface area contributed by atoms with Gasteiger partial charge in [-0.2, -0.15) is 0 Å². The van der Waals surface area contributed by atoms with Crippen LogP contribution < -0.4 is 11.1 Å². The minimum Gasteiger partial charge on any atom is -0.368 e. The van der Waals surface area contributed by atoms with Gasteiger partial charge in [-0.05, 0) is 45.2 Å². The summed E-state index contributed by atoms with van der Waals surface area (Å²) >= 11 is 1.51. The lowest BCUT2D eigenvalue weighted by atomic mass is 9.94. The summed E-state index contributed by atoms with van der Waals surface area (Å²) in [7, 11) is 0. The van der Waals surface area contributed by atoms with Crippen molar-refractivity contribution in [3.8, 4) is 0 Å². The zero-order valence-electron chi connectivity index (χ0n) is 12.3. The van der Waals surface area contributed by atoms with E-state index in [0.29, 0.717) is 16.8 Å². The van der Waals surface area contributed by atoms with Gasteiger partial charge in [-0.3, -0.25) is 4.79 Å². The normalized spacial score (nSPS) is 17.8. The van der Waals surface area contributed by atoms with Crippen molar-refractivity contribution in [1.29, 1.82) is 0 Å². The standard InChI is InChI=1S/C14H22N4OS/c1-4-16-14(12(15)19,11-5-6-11)8-20-13-17-9(2)7-10(3)18-13/h7,11,16H,4-6,8H2,1-3H3,(H2,15,19). The Morgan fingerprint density at radius 3 is 2.50 bits per heavy atom. The number of likely N-dealkylation sites (N-methyl/N-ethyl adjacent to an activating group) is 1. The van der Waals surface area contributed by atoms with Gasteiger partial charge in [0.05, 0.1) is 0 Å². The number of amides is 1. The summed E-state index contributed by atoms with van der Waals surface area (Å²) < 4.78 is 0. The number of aromatic nitrogens is 2. The highest BCUT2D eigenvalue weighted by Crippen LogP contribution is 2.42. The van der Waals surface area contributed by atoms with Crippen LogP contribution in [0.4, 0.5) is 0 Å². The van der Waals surface area contributed by atoms with Crippen molar-refractivity contribution in [2.45, 2.75) is 44.3 Å². The summed E-state index contributed by atoms with van der Waals surface area (Å²) in [6.45, 7) is 6.63. The van der Waals surface area contributed by atoms with Gasteiger partial charge in [0.25, 0.3) is 0 Å². The molecule has 0 aliphatic heterocycles. The van der Waals surface area contributed by atoms with Gasteiger partial charge in [-0.25, -0.2) is 9.97 Å². The Kier molecular flexibility index (Phi) is 4.65. The molecular formula is C14H22N4OS. The van der Waals surface area contributed by atoms with E-state index >= 15 is 0 Å². The molecule has 0 aromatic carbocycles. The van der Waals surface area contributed by atoms with Gasteiger partial charge in [0.1, 0.15) is 5.54 Å². The van der Waals surface area contributed by atoms with Crippen molar-refractivity contribution >= 4 is 17.7 Å². The molecular weight excluding hydrogens is 272 g/mol. The fourth-order valence-electron chi connectivity index (χ4n) is 2.50. The van der Waals surface area contributed by atoms with Crippen molar-refractivity contribution in [2.75, 3.05) is 12.3 Å². The number of aryl methyl sites for hydroxylation is 2. The maximum atomic E-state index is 12.0. The number of nitrogens with zero attached hydrogens (tertiary/aromatic N) is 2. The molecule has 1 aromatic rings. The molecule has 1 atom stereocenters. The third kappa shape index (κ3) is 3.30. The maximum absolute atomic E-state index is 12.0. The van der Waals surface area contributed by atoms with Gasteiger partial charge < -0.3 is 11.1 Å². The number of rotatable bonds is 7. The first kappa shape index (κ1) is 15.3. The van der Waals surface area contributed by atoms with Crippen LogP contribution in [0.5, 0.6) is 0 Å². The predicted octanol–water partition coefficient (Wildman–Crippen LogP) is 1.43. The molecule has 1 fully saturated rings. The molecule has 0 bridgehead atoms. The number of carbonyl (C=O) groups is 1. The molecule has 110 valence electrons. The summed E-state index contributed by atoms with van der Waals surface area (Å²) in [5.41, 5.74) is 6.93. The Labute approximate surface area is 124 Å². The molecule has 5 nitrogen and oxygen atoms in total. The van der Waals surface area contributed by atoms with Crippen LogP contribution in [0.2, 0.25) is 0 Å². The van der Waals surface area contributed by atoms with E-state index in [1.807, 2.05) is 26.8 Å². The van der Waals surface area contributed by atoms with E-state index in [-0.39, 0.29) is 5.91 Å². The van der Waals surface area contributed by atoms with E-state index in [9.17, 15) is 4.79 Å². The first-order chi connectivity index (χ1) is 9.48. The summed E-state index contributed by atoms with van der Waals surface area (Å²) in [5.74, 6) is 0.668. The molecule has 1 heterocycles. The minimum atomic E-state index is -0.625. The highest BCUT2D eigenvalue weighted by Gasteiger charge is 2.49. The monoisotopic (exact) mass is 294 g/mol. The number of hydrogen-bond donors (Lipinski definition) is 2. The van der Waals surface area contributed by atoms with E-state index < -0.39 is 5.54 Å². The number of thioether (sulfide) groups is 1. The van der Waals surface area contributed by atoms with Crippen LogP contribution >= 0.6 is 11.8 Å². The van der Waals surface area contributed by atoms with Gasteiger partial charge in [0.2, 0.25) is 5.91 Å². The van der Waals surface area contributed by atoms with Crippen LogP contribution in [0.1, 0.15) is 31.2 Å². The van der Waals surface area contributed by atoms with Crippen molar-refractivity contribution in [3.63, 3.8) is 0 Å². The third-order valence-corrected chi connectivity index (χ3v) is 4.64. The zero-order chi connectivity index (χ0) is 14.8.